The molecular formula is C21H20N2O7. The van der Waals surface area contributed by atoms with E-state index in [0.717, 1.165) is 0 Å². The second-order valence-corrected chi connectivity index (χ2v) is 6.73. The number of methoxy groups -OCH3 is 2. The Bertz CT molecular complexity index is 1010. The van der Waals surface area contributed by atoms with E-state index in [1.807, 2.05) is 0 Å². The number of imide groups is 1. The third kappa shape index (κ3) is 3.69. The quantitative estimate of drug-likeness (QED) is 0.726. The van der Waals surface area contributed by atoms with Gasteiger partial charge < -0.3 is 19.6 Å². The van der Waals surface area contributed by atoms with Crippen molar-refractivity contribution < 1.29 is 33.5 Å². The van der Waals surface area contributed by atoms with Gasteiger partial charge in [-0.15, -0.1) is 0 Å². The molecule has 0 fully saturated rings. The Kier molecular flexibility index (Phi) is 5.72. The number of nitrogens with zero attached hydrogens (tertiary/aromatic N) is 1. The number of nitrogens with one attached hydrogen (secondary N) is 1. The number of anilines is 1. The monoisotopic (exact) mass is 412 g/mol. The molecule has 1 heterocycles. The number of fused-ring (bicyclic) bond motifs is 1. The molecule has 0 aliphatic carbocycles. The zero-order valence-electron chi connectivity index (χ0n) is 16.8. The molecule has 30 heavy (non-hydrogen) atoms. The van der Waals surface area contributed by atoms with Crippen molar-refractivity contribution in [2.45, 2.75) is 13.8 Å². The van der Waals surface area contributed by atoms with E-state index < -0.39 is 17.8 Å². The van der Waals surface area contributed by atoms with Crippen LogP contribution in [0, 0.1) is 5.92 Å². The smallest absolute Gasteiger partial charge is 0.366 e. The number of hydroxylamine groups is 2. The van der Waals surface area contributed by atoms with Crippen LogP contribution in [0.15, 0.2) is 36.4 Å². The standard InChI is InChI=1S/C21H20N2O7/c1-11(2)18(24)22-15-10-17(29-4)16(28-3)9-14(15)21(27)30-23-19(25)12-7-5-6-8-13(12)20(23)26/h5-11H,1-4H3,(H,22,24). The molecule has 1 N–H and O–H groups in total. The Morgan fingerprint density at radius 1 is 0.933 bits per heavy atom. The van der Waals surface area contributed by atoms with Gasteiger partial charge in [0.25, 0.3) is 11.8 Å². The summed E-state index contributed by atoms with van der Waals surface area (Å²) in [6, 6.07) is 8.84. The van der Waals surface area contributed by atoms with Crippen molar-refractivity contribution in [1.82, 2.24) is 5.06 Å². The third-order valence-corrected chi connectivity index (χ3v) is 4.46. The van der Waals surface area contributed by atoms with Gasteiger partial charge in [-0.2, -0.15) is 0 Å². The Hall–Kier alpha value is -3.88. The Morgan fingerprint density at radius 2 is 1.47 bits per heavy atom. The topological polar surface area (TPSA) is 111 Å². The van der Waals surface area contributed by atoms with Crippen molar-refractivity contribution >= 4 is 29.4 Å². The molecule has 0 radical (unpaired) electrons. The summed E-state index contributed by atoms with van der Waals surface area (Å²) >= 11 is 0. The highest BCUT2D eigenvalue weighted by Gasteiger charge is 2.39. The lowest BCUT2D eigenvalue weighted by Crippen LogP contribution is -2.33. The van der Waals surface area contributed by atoms with Gasteiger partial charge in [0.15, 0.2) is 11.5 Å². The van der Waals surface area contributed by atoms with Crippen LogP contribution in [0.3, 0.4) is 0 Å². The van der Waals surface area contributed by atoms with Crippen LogP contribution in [0.2, 0.25) is 0 Å². The molecule has 2 aromatic carbocycles. The first-order valence-corrected chi connectivity index (χ1v) is 9.05. The van der Waals surface area contributed by atoms with Gasteiger partial charge >= 0.3 is 5.97 Å². The maximum atomic E-state index is 12.9. The zero-order valence-corrected chi connectivity index (χ0v) is 16.8. The number of carbonyl (C=O) groups excluding carboxylic acids is 4. The fourth-order valence-corrected chi connectivity index (χ4v) is 2.81. The Balaban J connectivity index is 1.96. The van der Waals surface area contributed by atoms with E-state index in [0.29, 0.717) is 5.06 Å². The number of hydrogen-bond acceptors (Lipinski definition) is 7. The molecule has 0 bridgehead atoms. The lowest BCUT2D eigenvalue weighted by molar-refractivity contribution is -0.118. The van der Waals surface area contributed by atoms with Gasteiger partial charge in [-0.1, -0.05) is 31.0 Å². The van der Waals surface area contributed by atoms with E-state index in [9.17, 15) is 19.2 Å². The second kappa shape index (κ2) is 8.24. The molecule has 1 aliphatic rings. The number of rotatable bonds is 6. The first-order valence-electron chi connectivity index (χ1n) is 9.05. The van der Waals surface area contributed by atoms with Crippen LogP contribution < -0.4 is 14.8 Å². The average Bonchev–Trinajstić information content (AvgIpc) is 2.98. The molecule has 0 spiro atoms. The van der Waals surface area contributed by atoms with Crippen molar-refractivity contribution in [2.24, 2.45) is 5.92 Å². The van der Waals surface area contributed by atoms with Crippen LogP contribution in [-0.2, 0) is 9.63 Å². The van der Waals surface area contributed by atoms with E-state index in [1.54, 1.807) is 26.0 Å². The number of carbonyl (C=O) groups is 4. The number of benzene rings is 2. The number of ether oxygens (including phenoxy) is 2. The molecule has 1 aliphatic heterocycles. The molecule has 3 rings (SSSR count). The molecule has 0 saturated heterocycles. The van der Waals surface area contributed by atoms with Crippen LogP contribution in [0.4, 0.5) is 5.69 Å². The first-order chi connectivity index (χ1) is 14.3. The maximum Gasteiger partial charge on any atom is 0.366 e. The minimum Gasteiger partial charge on any atom is -0.493 e. The average molecular weight is 412 g/mol. The summed E-state index contributed by atoms with van der Waals surface area (Å²) in [4.78, 5) is 55.1. The van der Waals surface area contributed by atoms with Crippen LogP contribution in [0.5, 0.6) is 11.5 Å². The lowest BCUT2D eigenvalue weighted by atomic mass is 10.1. The summed E-state index contributed by atoms with van der Waals surface area (Å²) < 4.78 is 10.4. The predicted molar refractivity (Wildman–Crippen MR) is 105 cm³/mol. The van der Waals surface area contributed by atoms with Crippen LogP contribution in [0.25, 0.3) is 0 Å². The third-order valence-electron chi connectivity index (χ3n) is 4.46. The van der Waals surface area contributed by atoms with Crippen molar-refractivity contribution in [3.8, 4) is 11.5 Å². The van der Waals surface area contributed by atoms with Crippen LogP contribution in [0.1, 0.15) is 44.9 Å². The molecule has 2 aromatic rings. The SMILES string of the molecule is COc1cc(NC(=O)C(C)C)c(C(=O)ON2C(=O)c3ccccc3C2=O)cc1OC. The van der Waals surface area contributed by atoms with Crippen molar-refractivity contribution in [1.29, 1.82) is 0 Å². The highest BCUT2D eigenvalue weighted by Crippen LogP contribution is 2.34. The highest BCUT2D eigenvalue weighted by atomic mass is 16.7. The van der Waals surface area contributed by atoms with Crippen LogP contribution >= 0.6 is 0 Å². The number of hydrogen-bond donors (Lipinski definition) is 1. The van der Waals surface area contributed by atoms with E-state index in [-0.39, 0.29) is 45.7 Å². The predicted octanol–water partition coefficient (Wildman–Crippen LogP) is 2.67. The molecule has 0 saturated carbocycles. The van der Waals surface area contributed by atoms with Crippen molar-refractivity contribution in [2.75, 3.05) is 19.5 Å². The Labute approximate surface area is 172 Å². The largest absolute Gasteiger partial charge is 0.493 e. The molecule has 9 heteroatoms. The van der Waals surface area contributed by atoms with Gasteiger partial charge in [0, 0.05) is 18.1 Å². The Morgan fingerprint density at radius 3 is 1.97 bits per heavy atom. The van der Waals surface area contributed by atoms with E-state index in [4.69, 9.17) is 14.3 Å². The lowest BCUT2D eigenvalue weighted by Gasteiger charge is -2.18. The molecule has 0 aromatic heterocycles. The molecule has 9 nitrogen and oxygen atoms in total. The summed E-state index contributed by atoms with van der Waals surface area (Å²) in [5.41, 5.74) is 0.248. The minimum atomic E-state index is -1.02. The second-order valence-electron chi connectivity index (χ2n) is 6.73. The maximum absolute atomic E-state index is 12.9. The van der Waals surface area contributed by atoms with Gasteiger partial charge in [0.1, 0.15) is 0 Å². The summed E-state index contributed by atoms with van der Waals surface area (Å²) in [7, 11) is 2.78. The molecule has 3 amide bonds. The molecule has 0 unspecified atom stereocenters. The summed E-state index contributed by atoms with van der Waals surface area (Å²) in [5.74, 6) is -2.77. The van der Waals surface area contributed by atoms with E-state index in [2.05, 4.69) is 5.32 Å². The number of amides is 3. The van der Waals surface area contributed by atoms with Gasteiger partial charge in [-0.3, -0.25) is 14.4 Å². The summed E-state index contributed by atoms with van der Waals surface area (Å²) in [6.45, 7) is 3.37. The summed E-state index contributed by atoms with van der Waals surface area (Å²) in [5, 5.41) is 3.02. The van der Waals surface area contributed by atoms with Gasteiger partial charge in [0.2, 0.25) is 5.91 Å². The molecule has 0 atom stereocenters. The van der Waals surface area contributed by atoms with E-state index >= 15 is 0 Å². The molecule has 156 valence electrons. The van der Waals surface area contributed by atoms with Crippen LogP contribution in [-0.4, -0.2) is 43.0 Å². The zero-order chi connectivity index (χ0) is 22.0. The van der Waals surface area contributed by atoms with E-state index in [1.165, 1.54) is 38.5 Å². The normalized spacial score (nSPS) is 12.6. The van der Waals surface area contributed by atoms with Crippen molar-refractivity contribution in [3.63, 3.8) is 0 Å². The fourth-order valence-electron chi connectivity index (χ4n) is 2.81. The highest BCUT2D eigenvalue weighted by molar-refractivity contribution is 6.21. The summed E-state index contributed by atoms with van der Waals surface area (Å²) in [6.07, 6.45) is 0. The molecular weight excluding hydrogens is 392 g/mol. The van der Waals surface area contributed by atoms with Gasteiger partial charge in [0.05, 0.1) is 36.6 Å². The van der Waals surface area contributed by atoms with Gasteiger partial charge in [-0.05, 0) is 12.1 Å². The van der Waals surface area contributed by atoms with Gasteiger partial charge in [-0.25, -0.2) is 4.79 Å². The van der Waals surface area contributed by atoms with Crippen molar-refractivity contribution in [3.05, 3.63) is 53.1 Å². The first kappa shape index (κ1) is 20.8. The fraction of sp³-hybridized carbons (Fsp3) is 0.238. The minimum absolute atomic E-state index is 0.0907.